The minimum Gasteiger partial charge on any atom is -0.493 e. The number of carbonyl (C=O) groups is 1. The second-order valence-electron chi connectivity index (χ2n) is 5.58. The van der Waals surface area contributed by atoms with Crippen molar-refractivity contribution in [1.82, 2.24) is 4.98 Å². The molecule has 9 heteroatoms. The lowest BCUT2D eigenvalue weighted by Gasteiger charge is -2.12. The zero-order valence-electron chi connectivity index (χ0n) is 15.2. The van der Waals surface area contributed by atoms with E-state index in [0.29, 0.717) is 12.3 Å². The van der Waals surface area contributed by atoms with E-state index in [1.807, 2.05) is 17.5 Å². The van der Waals surface area contributed by atoms with Gasteiger partial charge in [-0.25, -0.2) is 4.98 Å². The predicted octanol–water partition coefficient (Wildman–Crippen LogP) is 4.38. The second-order valence-corrected chi connectivity index (χ2v) is 6.47. The molecular weight excluding hydrogens is 382 g/mol. The third kappa shape index (κ3) is 4.09. The van der Waals surface area contributed by atoms with E-state index in [0.717, 1.165) is 10.6 Å². The van der Waals surface area contributed by atoms with Crippen molar-refractivity contribution in [3.05, 3.63) is 63.7 Å². The molecule has 1 amide bonds. The van der Waals surface area contributed by atoms with Crippen LogP contribution < -0.4 is 14.8 Å². The van der Waals surface area contributed by atoms with Crippen molar-refractivity contribution >= 4 is 28.6 Å². The maximum Gasteiger partial charge on any atom is 0.286 e. The van der Waals surface area contributed by atoms with Gasteiger partial charge in [-0.3, -0.25) is 14.9 Å². The van der Waals surface area contributed by atoms with Crippen molar-refractivity contribution < 1.29 is 19.2 Å². The maximum absolute atomic E-state index is 12.7. The Kier molecular flexibility index (Phi) is 5.85. The standard InChI is InChI=1S/C19H17N3O5S/c1-3-27-17-11-15(22(24)25)14(10-16(17)26-2)18(23)21-13-6-4-12(5-7-13)19-20-8-9-28-19/h4-11H,3H2,1-2H3,(H,21,23). The number of carbonyl (C=O) groups excluding carboxylic acids is 1. The summed E-state index contributed by atoms with van der Waals surface area (Å²) in [6, 6.07) is 9.58. The largest absolute Gasteiger partial charge is 0.493 e. The summed E-state index contributed by atoms with van der Waals surface area (Å²) in [5, 5.41) is 16.9. The molecule has 8 nitrogen and oxygen atoms in total. The van der Waals surface area contributed by atoms with Crippen LogP contribution in [0.15, 0.2) is 48.0 Å². The molecule has 28 heavy (non-hydrogen) atoms. The number of hydrogen-bond acceptors (Lipinski definition) is 7. The van der Waals surface area contributed by atoms with Crippen molar-refractivity contribution in [2.24, 2.45) is 0 Å². The van der Waals surface area contributed by atoms with E-state index < -0.39 is 10.8 Å². The first-order valence-electron chi connectivity index (χ1n) is 8.34. The quantitative estimate of drug-likeness (QED) is 0.467. The van der Waals surface area contributed by atoms with Gasteiger partial charge in [-0.05, 0) is 31.2 Å². The number of benzene rings is 2. The van der Waals surface area contributed by atoms with Gasteiger partial charge in [0, 0.05) is 28.9 Å². The van der Waals surface area contributed by atoms with Crippen LogP contribution in [0, 0.1) is 10.1 Å². The van der Waals surface area contributed by atoms with Crippen LogP contribution in [-0.4, -0.2) is 29.5 Å². The molecule has 0 unspecified atom stereocenters. The van der Waals surface area contributed by atoms with Gasteiger partial charge in [0.25, 0.3) is 11.6 Å². The molecule has 0 aliphatic rings. The summed E-state index contributed by atoms with van der Waals surface area (Å²) in [4.78, 5) is 27.7. The first-order valence-corrected chi connectivity index (χ1v) is 9.22. The number of methoxy groups -OCH3 is 1. The van der Waals surface area contributed by atoms with Gasteiger partial charge >= 0.3 is 0 Å². The molecule has 0 saturated heterocycles. The summed E-state index contributed by atoms with van der Waals surface area (Å²) < 4.78 is 10.6. The Morgan fingerprint density at radius 1 is 1.25 bits per heavy atom. The first-order chi connectivity index (χ1) is 13.5. The number of nitrogens with one attached hydrogen (secondary N) is 1. The van der Waals surface area contributed by atoms with Gasteiger partial charge in [0.15, 0.2) is 11.5 Å². The first kappa shape index (κ1) is 19.3. The molecule has 0 spiro atoms. The van der Waals surface area contributed by atoms with E-state index in [2.05, 4.69) is 10.3 Å². The topological polar surface area (TPSA) is 104 Å². The van der Waals surface area contributed by atoms with Gasteiger partial charge in [0.1, 0.15) is 10.6 Å². The molecule has 0 atom stereocenters. The lowest BCUT2D eigenvalue weighted by molar-refractivity contribution is -0.385. The predicted molar refractivity (Wildman–Crippen MR) is 106 cm³/mol. The van der Waals surface area contributed by atoms with Crippen LogP contribution in [0.4, 0.5) is 11.4 Å². The average molecular weight is 399 g/mol. The molecule has 3 aromatic rings. The van der Waals surface area contributed by atoms with E-state index in [1.54, 1.807) is 25.3 Å². The molecule has 0 saturated carbocycles. The van der Waals surface area contributed by atoms with E-state index in [1.165, 1.54) is 30.6 Å². The summed E-state index contributed by atoms with van der Waals surface area (Å²) in [5.41, 5.74) is 0.949. The molecule has 1 N–H and O–H groups in total. The van der Waals surface area contributed by atoms with Crippen molar-refractivity contribution in [2.45, 2.75) is 6.92 Å². The van der Waals surface area contributed by atoms with Crippen molar-refractivity contribution in [3.63, 3.8) is 0 Å². The Hall–Kier alpha value is -3.46. The maximum atomic E-state index is 12.7. The molecule has 3 rings (SSSR count). The number of nitro benzene ring substituents is 1. The van der Waals surface area contributed by atoms with E-state index in [4.69, 9.17) is 9.47 Å². The summed E-state index contributed by atoms with van der Waals surface area (Å²) >= 11 is 1.51. The smallest absolute Gasteiger partial charge is 0.286 e. The molecule has 1 heterocycles. The van der Waals surface area contributed by atoms with Crippen LogP contribution in [-0.2, 0) is 0 Å². The minimum atomic E-state index is -0.623. The Bertz CT molecular complexity index is 988. The summed E-state index contributed by atoms with van der Waals surface area (Å²) in [6.45, 7) is 2.06. The van der Waals surface area contributed by atoms with Crippen molar-refractivity contribution in [1.29, 1.82) is 0 Å². The number of nitrogens with zero attached hydrogens (tertiary/aromatic N) is 2. The third-order valence-corrected chi connectivity index (χ3v) is 4.67. The molecule has 1 aromatic heterocycles. The zero-order chi connectivity index (χ0) is 20.1. The van der Waals surface area contributed by atoms with Gasteiger partial charge < -0.3 is 14.8 Å². The lowest BCUT2D eigenvalue weighted by atomic mass is 10.1. The molecular formula is C19H17N3O5S. The minimum absolute atomic E-state index is 0.116. The molecule has 0 aliphatic carbocycles. The highest BCUT2D eigenvalue weighted by Gasteiger charge is 2.25. The van der Waals surface area contributed by atoms with Gasteiger partial charge in [-0.15, -0.1) is 11.3 Å². The summed E-state index contributed by atoms with van der Waals surface area (Å²) in [5.74, 6) is -0.159. The van der Waals surface area contributed by atoms with Crippen LogP contribution in [0.25, 0.3) is 10.6 Å². The van der Waals surface area contributed by atoms with Gasteiger partial charge in [-0.1, -0.05) is 0 Å². The second kappa shape index (κ2) is 8.49. The highest BCUT2D eigenvalue weighted by molar-refractivity contribution is 7.13. The Morgan fingerprint density at radius 2 is 2.00 bits per heavy atom. The molecule has 0 radical (unpaired) electrons. The fourth-order valence-electron chi connectivity index (χ4n) is 2.57. The molecule has 144 valence electrons. The number of amides is 1. The third-order valence-electron chi connectivity index (χ3n) is 3.85. The number of nitro groups is 1. The Labute approximate surface area is 164 Å². The van der Waals surface area contributed by atoms with Gasteiger partial charge in [0.05, 0.1) is 24.7 Å². The fraction of sp³-hybridized carbons (Fsp3) is 0.158. The summed E-state index contributed by atoms with van der Waals surface area (Å²) in [6.07, 6.45) is 1.72. The van der Waals surface area contributed by atoms with Crippen LogP contribution in [0.5, 0.6) is 11.5 Å². The number of aromatic nitrogens is 1. The highest BCUT2D eigenvalue weighted by atomic mass is 32.1. The van der Waals surface area contributed by atoms with E-state index >= 15 is 0 Å². The van der Waals surface area contributed by atoms with Crippen LogP contribution in [0.2, 0.25) is 0 Å². The lowest BCUT2D eigenvalue weighted by Crippen LogP contribution is -2.14. The Balaban J connectivity index is 1.88. The highest BCUT2D eigenvalue weighted by Crippen LogP contribution is 2.35. The van der Waals surface area contributed by atoms with Gasteiger partial charge in [0.2, 0.25) is 0 Å². The summed E-state index contributed by atoms with van der Waals surface area (Å²) in [7, 11) is 1.41. The fourth-order valence-corrected chi connectivity index (χ4v) is 3.22. The van der Waals surface area contributed by atoms with Crippen molar-refractivity contribution in [3.8, 4) is 22.1 Å². The Morgan fingerprint density at radius 3 is 2.57 bits per heavy atom. The number of ether oxygens (including phenoxy) is 2. The monoisotopic (exact) mass is 399 g/mol. The SMILES string of the molecule is CCOc1cc([N+](=O)[O-])c(C(=O)Nc2ccc(-c3nccs3)cc2)cc1OC. The number of anilines is 1. The number of rotatable bonds is 7. The number of thiazole rings is 1. The van der Waals surface area contributed by atoms with Crippen LogP contribution >= 0.6 is 11.3 Å². The molecule has 0 bridgehead atoms. The number of hydrogen-bond donors (Lipinski definition) is 1. The zero-order valence-corrected chi connectivity index (χ0v) is 16.0. The molecule has 2 aromatic carbocycles. The van der Waals surface area contributed by atoms with Crippen molar-refractivity contribution in [2.75, 3.05) is 19.0 Å². The van der Waals surface area contributed by atoms with Crippen LogP contribution in [0.1, 0.15) is 17.3 Å². The van der Waals surface area contributed by atoms with E-state index in [-0.39, 0.29) is 22.7 Å². The van der Waals surface area contributed by atoms with Gasteiger partial charge in [-0.2, -0.15) is 0 Å². The molecule has 0 fully saturated rings. The molecule has 0 aliphatic heterocycles. The average Bonchev–Trinajstić information content (AvgIpc) is 3.23. The van der Waals surface area contributed by atoms with Crippen LogP contribution in [0.3, 0.4) is 0 Å². The normalized spacial score (nSPS) is 10.4. The van der Waals surface area contributed by atoms with E-state index in [9.17, 15) is 14.9 Å².